The Labute approximate surface area is 354 Å². The van der Waals surface area contributed by atoms with Gasteiger partial charge in [-0.2, -0.15) is 0 Å². The van der Waals surface area contributed by atoms with Crippen LogP contribution in [0, 0.1) is 0 Å². The molecule has 6 aromatic rings. The first-order valence-electron chi connectivity index (χ1n) is 20.1. The number of nitrogens with one attached hydrogen (secondary N) is 2. The summed E-state index contributed by atoms with van der Waals surface area (Å²) in [4.78, 5) is 59.3. The van der Waals surface area contributed by atoms with Crippen molar-refractivity contribution >= 4 is 40.3 Å². The van der Waals surface area contributed by atoms with E-state index in [0.29, 0.717) is 17.0 Å². The molecule has 61 heavy (non-hydrogen) atoms. The van der Waals surface area contributed by atoms with Crippen LogP contribution in [-0.4, -0.2) is 92.2 Å². The summed E-state index contributed by atoms with van der Waals surface area (Å²) in [5.41, 5.74) is 6.61. The Morgan fingerprint density at radius 3 is 2.33 bits per heavy atom. The van der Waals surface area contributed by atoms with Crippen molar-refractivity contribution in [3.8, 4) is 22.6 Å². The number of phenolic OH excluding ortho intramolecular Hbond substituents is 1. The van der Waals surface area contributed by atoms with Crippen molar-refractivity contribution in [2.75, 3.05) is 32.1 Å². The fraction of sp³-hybridized carbons (Fsp3) is 0.208. The number of para-hydroxylation sites is 1. The van der Waals surface area contributed by atoms with Crippen LogP contribution in [0.2, 0.25) is 0 Å². The van der Waals surface area contributed by atoms with Crippen LogP contribution >= 0.6 is 0 Å². The minimum absolute atomic E-state index is 0.0699. The number of methoxy groups -OCH3 is 1. The third-order valence-corrected chi connectivity index (χ3v) is 11.3. The van der Waals surface area contributed by atoms with Gasteiger partial charge in [-0.1, -0.05) is 78.9 Å². The third kappa shape index (κ3) is 8.41. The van der Waals surface area contributed by atoms with Gasteiger partial charge in [0.1, 0.15) is 23.7 Å². The fourth-order valence-corrected chi connectivity index (χ4v) is 8.35. The van der Waals surface area contributed by atoms with Gasteiger partial charge < -0.3 is 34.8 Å². The predicted molar refractivity (Wildman–Crippen MR) is 233 cm³/mol. The van der Waals surface area contributed by atoms with Gasteiger partial charge in [0, 0.05) is 61.5 Å². The molecule has 2 saturated heterocycles. The van der Waals surface area contributed by atoms with Crippen LogP contribution in [0.5, 0.6) is 11.5 Å². The Balaban J connectivity index is 1.09. The Kier molecular flexibility index (Phi) is 11.6. The minimum Gasteiger partial charge on any atom is -0.508 e. The summed E-state index contributed by atoms with van der Waals surface area (Å²) >= 11 is 0. The normalized spacial score (nSPS) is 16.7. The van der Waals surface area contributed by atoms with Gasteiger partial charge in [0.05, 0.1) is 25.7 Å². The van der Waals surface area contributed by atoms with Crippen LogP contribution in [-0.2, 0) is 36.1 Å². The van der Waals surface area contributed by atoms with Crippen molar-refractivity contribution in [3.05, 3.63) is 162 Å². The largest absolute Gasteiger partial charge is 0.508 e. The number of carbonyl (C=O) groups is 4. The SMILES string of the molecule is C=CCN1CC(=O)N2[C@@H](Cc3ccc(O)cc3)C(=O)N(Cc3cccc4c(-c5ccc(NC(=O)c6ccc(OC)cc6)cc5)cn(C)c34)C[C@@H]2N1C(=O)NCc1ccccc1. The first-order valence-corrected chi connectivity index (χ1v) is 20.1. The highest BCUT2D eigenvalue weighted by Gasteiger charge is 2.51. The second-order valence-corrected chi connectivity index (χ2v) is 15.2. The van der Waals surface area contributed by atoms with Crippen LogP contribution in [0.15, 0.2) is 140 Å². The lowest BCUT2D eigenvalue weighted by molar-refractivity contribution is -0.189. The fourth-order valence-electron chi connectivity index (χ4n) is 8.35. The maximum absolute atomic E-state index is 14.8. The second kappa shape index (κ2) is 17.5. The zero-order chi connectivity index (χ0) is 42.6. The number of aromatic nitrogens is 1. The number of aromatic hydroxyl groups is 1. The van der Waals surface area contributed by atoms with Crippen LogP contribution in [0.4, 0.5) is 10.5 Å². The lowest BCUT2D eigenvalue weighted by Crippen LogP contribution is -2.76. The molecule has 5 amide bonds. The number of piperazine rings is 1. The van der Waals surface area contributed by atoms with Crippen LogP contribution < -0.4 is 15.4 Å². The van der Waals surface area contributed by atoms with E-state index < -0.39 is 18.2 Å². The number of hydrazine groups is 1. The topological polar surface area (TPSA) is 140 Å². The van der Waals surface area contributed by atoms with Crippen LogP contribution in [0.1, 0.15) is 27.0 Å². The average Bonchev–Trinajstić information content (AvgIpc) is 3.62. The number of hydrogen-bond acceptors (Lipinski definition) is 7. The number of amides is 5. The number of urea groups is 1. The van der Waals surface area contributed by atoms with Crippen molar-refractivity contribution in [3.63, 3.8) is 0 Å². The highest BCUT2D eigenvalue weighted by Crippen LogP contribution is 2.35. The number of carbonyl (C=O) groups excluding carboxylic acids is 4. The van der Waals surface area contributed by atoms with E-state index in [9.17, 15) is 24.3 Å². The van der Waals surface area contributed by atoms with Gasteiger partial charge in [0.15, 0.2) is 0 Å². The van der Waals surface area contributed by atoms with Gasteiger partial charge in [-0.3, -0.25) is 14.4 Å². The molecule has 0 spiro atoms. The molecule has 3 heterocycles. The molecule has 5 aromatic carbocycles. The molecule has 8 rings (SSSR count). The molecule has 2 aliphatic rings. The number of aryl methyl sites for hydroxylation is 1. The van der Waals surface area contributed by atoms with E-state index in [4.69, 9.17) is 4.74 Å². The van der Waals surface area contributed by atoms with Crippen molar-refractivity contribution < 1.29 is 29.0 Å². The summed E-state index contributed by atoms with van der Waals surface area (Å²) < 4.78 is 7.26. The molecule has 1 aromatic heterocycles. The van der Waals surface area contributed by atoms with Crippen molar-refractivity contribution in [1.29, 1.82) is 0 Å². The number of anilines is 1. The van der Waals surface area contributed by atoms with Crippen molar-refractivity contribution in [1.82, 2.24) is 29.7 Å². The standard InChI is InChI=1S/C48H47N7O6/c1-4-25-53-31-44(57)54-42(26-32-13-21-38(56)22-14-32)47(59)52(30-43(54)55(53)48(60)49-27-33-9-6-5-7-10-33)28-36-11-8-12-40-41(29-51(2)45(36)40)34-15-19-37(20-16-34)50-46(58)35-17-23-39(61-3)24-18-35/h4-24,29,42-43,56H,1,25-28,30-31H2,2-3H3,(H,49,60)(H,50,58)/t42-,43-/m0/s1. The Morgan fingerprint density at radius 1 is 0.885 bits per heavy atom. The maximum Gasteiger partial charge on any atom is 0.334 e. The third-order valence-electron chi connectivity index (χ3n) is 11.3. The first kappa shape index (κ1) is 40.4. The van der Waals surface area contributed by atoms with E-state index >= 15 is 0 Å². The molecule has 2 atom stereocenters. The predicted octanol–water partition coefficient (Wildman–Crippen LogP) is 6.55. The number of hydrogen-bond donors (Lipinski definition) is 3. The van der Waals surface area contributed by atoms with E-state index in [2.05, 4.69) is 23.4 Å². The molecule has 0 bridgehead atoms. The molecule has 310 valence electrons. The molecule has 3 N–H and O–H groups in total. The van der Waals surface area contributed by atoms with E-state index in [-0.39, 0.29) is 62.6 Å². The number of rotatable bonds is 12. The molecule has 2 aliphatic heterocycles. The highest BCUT2D eigenvalue weighted by atomic mass is 16.5. The Bertz CT molecular complexity index is 2570. The van der Waals surface area contributed by atoms with Crippen molar-refractivity contribution in [2.24, 2.45) is 7.05 Å². The molecular formula is C48H47N7O6. The number of fused-ring (bicyclic) bond motifs is 2. The molecular weight excluding hydrogens is 771 g/mol. The summed E-state index contributed by atoms with van der Waals surface area (Å²) in [5.74, 6) is 0.0311. The minimum atomic E-state index is -0.919. The van der Waals surface area contributed by atoms with Gasteiger partial charge in [-0.15, -0.1) is 6.58 Å². The number of benzene rings is 5. The first-order chi connectivity index (χ1) is 29.6. The van der Waals surface area contributed by atoms with Gasteiger partial charge >= 0.3 is 6.03 Å². The monoisotopic (exact) mass is 817 g/mol. The zero-order valence-corrected chi connectivity index (χ0v) is 34.0. The molecule has 0 unspecified atom stereocenters. The lowest BCUT2D eigenvalue weighted by atomic mass is 9.97. The number of nitrogens with zero attached hydrogens (tertiary/aromatic N) is 5. The number of phenols is 1. The number of ether oxygens (including phenoxy) is 1. The lowest BCUT2D eigenvalue weighted by Gasteiger charge is -2.55. The summed E-state index contributed by atoms with van der Waals surface area (Å²) in [6, 6.07) is 35.5. The molecule has 0 saturated carbocycles. The summed E-state index contributed by atoms with van der Waals surface area (Å²) in [6.45, 7) is 4.59. The van der Waals surface area contributed by atoms with Gasteiger partial charge in [0.25, 0.3) is 5.91 Å². The summed E-state index contributed by atoms with van der Waals surface area (Å²) in [7, 11) is 3.55. The molecule has 13 nitrogen and oxygen atoms in total. The molecule has 13 heteroatoms. The van der Waals surface area contributed by atoms with Crippen LogP contribution in [0.3, 0.4) is 0 Å². The van der Waals surface area contributed by atoms with E-state index in [1.807, 2.05) is 84.4 Å². The zero-order valence-electron chi connectivity index (χ0n) is 34.0. The highest BCUT2D eigenvalue weighted by molar-refractivity contribution is 6.05. The average molecular weight is 818 g/mol. The second-order valence-electron chi connectivity index (χ2n) is 15.2. The molecule has 2 fully saturated rings. The summed E-state index contributed by atoms with van der Waals surface area (Å²) in [6.07, 6.45) is 3.08. The summed E-state index contributed by atoms with van der Waals surface area (Å²) in [5, 5.41) is 20.2. The van der Waals surface area contributed by atoms with E-state index in [1.165, 1.54) is 0 Å². The van der Waals surface area contributed by atoms with E-state index in [1.54, 1.807) is 81.5 Å². The van der Waals surface area contributed by atoms with Crippen molar-refractivity contribution in [2.45, 2.75) is 31.7 Å². The van der Waals surface area contributed by atoms with Gasteiger partial charge in [-0.25, -0.2) is 14.8 Å². The molecule has 0 aliphatic carbocycles. The van der Waals surface area contributed by atoms with Gasteiger partial charge in [0.2, 0.25) is 11.8 Å². The quantitative estimate of drug-likeness (QED) is 0.119. The Morgan fingerprint density at radius 2 is 1.62 bits per heavy atom. The smallest absolute Gasteiger partial charge is 0.334 e. The van der Waals surface area contributed by atoms with Crippen LogP contribution in [0.25, 0.3) is 22.0 Å². The van der Waals surface area contributed by atoms with E-state index in [0.717, 1.165) is 38.7 Å². The van der Waals surface area contributed by atoms with Gasteiger partial charge in [-0.05, 0) is 70.8 Å². The maximum atomic E-state index is 14.8. The Hall–Kier alpha value is -7.38. The molecule has 0 radical (unpaired) electrons.